The summed E-state index contributed by atoms with van der Waals surface area (Å²) >= 11 is 7.26. The summed E-state index contributed by atoms with van der Waals surface area (Å²) < 4.78 is 53.0. The van der Waals surface area contributed by atoms with Crippen LogP contribution in [-0.2, 0) is 31.2 Å². The molecule has 1 amide bonds. The molecule has 1 saturated heterocycles. The van der Waals surface area contributed by atoms with E-state index in [0.29, 0.717) is 15.5 Å². The van der Waals surface area contributed by atoms with Crippen LogP contribution in [0.25, 0.3) is 0 Å². The highest BCUT2D eigenvalue weighted by Gasteiger charge is 2.36. The minimum Gasteiger partial charge on any atom is -0.351 e. The molecule has 29 heavy (non-hydrogen) atoms. The molecule has 1 atom stereocenters. The van der Waals surface area contributed by atoms with Crippen molar-refractivity contribution in [1.29, 1.82) is 0 Å². The molecule has 0 aliphatic carbocycles. The molecule has 0 bridgehead atoms. The Hall–Kier alpha value is -1.46. The molecule has 1 fully saturated rings. The van der Waals surface area contributed by atoms with E-state index in [1.165, 1.54) is 17.3 Å². The lowest BCUT2D eigenvalue weighted by atomic mass is 10.1. The van der Waals surface area contributed by atoms with Crippen LogP contribution in [0.1, 0.15) is 29.0 Å². The van der Waals surface area contributed by atoms with E-state index in [1.54, 1.807) is 30.3 Å². The molecule has 0 saturated carbocycles. The Morgan fingerprint density at radius 2 is 1.97 bits per heavy atom. The van der Waals surface area contributed by atoms with Crippen molar-refractivity contribution >= 4 is 48.7 Å². The number of sulfonamides is 1. The number of halogens is 1. The van der Waals surface area contributed by atoms with Gasteiger partial charge in [-0.3, -0.25) is 4.79 Å². The first-order chi connectivity index (χ1) is 13.6. The Labute approximate surface area is 179 Å². The summed E-state index contributed by atoms with van der Waals surface area (Å²) in [4.78, 5) is 11.7. The summed E-state index contributed by atoms with van der Waals surface area (Å²) in [6.45, 7) is 1.61. The third kappa shape index (κ3) is 5.00. The Morgan fingerprint density at radius 1 is 1.24 bits per heavy atom. The number of sulfone groups is 1. The van der Waals surface area contributed by atoms with Crippen LogP contribution in [0.3, 0.4) is 0 Å². The third-order valence-corrected chi connectivity index (χ3v) is 10.6. The summed E-state index contributed by atoms with van der Waals surface area (Å²) in [7, 11) is -7.39. The molecule has 158 valence electrons. The van der Waals surface area contributed by atoms with Crippen LogP contribution in [0.4, 0.5) is 0 Å². The number of carbonyl (C=O) groups excluding carboxylic acids is 1. The molecular weight excluding hydrogens is 456 g/mol. The van der Waals surface area contributed by atoms with Crippen molar-refractivity contribution in [2.45, 2.75) is 29.3 Å². The van der Waals surface area contributed by atoms with Crippen LogP contribution >= 0.6 is 22.9 Å². The lowest BCUT2D eigenvalue weighted by Gasteiger charge is -2.19. The average molecular weight is 477 g/mol. The smallest absolute Gasteiger partial charge is 0.252 e. The van der Waals surface area contributed by atoms with E-state index in [2.05, 4.69) is 5.32 Å². The van der Waals surface area contributed by atoms with Gasteiger partial charge in [-0.2, -0.15) is 4.31 Å². The van der Waals surface area contributed by atoms with Gasteiger partial charge in [-0.15, -0.1) is 11.3 Å². The molecule has 7 nitrogen and oxygen atoms in total. The van der Waals surface area contributed by atoms with Crippen molar-refractivity contribution in [1.82, 2.24) is 9.62 Å². The van der Waals surface area contributed by atoms with Crippen molar-refractivity contribution in [3.63, 3.8) is 0 Å². The lowest BCUT2D eigenvalue weighted by Crippen LogP contribution is -2.33. The maximum absolute atomic E-state index is 13.0. The van der Waals surface area contributed by atoms with Crippen LogP contribution in [-0.4, -0.2) is 45.9 Å². The first-order valence-electron chi connectivity index (χ1n) is 8.90. The molecule has 2 heterocycles. The highest BCUT2D eigenvalue weighted by molar-refractivity contribution is 7.92. The maximum atomic E-state index is 13.0. The fraction of sp³-hybridized carbons (Fsp3) is 0.389. The quantitative estimate of drug-likeness (QED) is 0.714. The van der Waals surface area contributed by atoms with E-state index < -0.39 is 25.1 Å². The Bertz CT molecular complexity index is 1110. The van der Waals surface area contributed by atoms with E-state index in [-0.39, 0.29) is 41.9 Å². The van der Waals surface area contributed by atoms with Gasteiger partial charge in [-0.05, 0) is 30.2 Å². The SMILES string of the molecule is CC(=O)NCc1ccc(S(=O)(=O)N2CCC(c3ccccc3Cl)S(=O)(=O)CC2)s1. The van der Waals surface area contributed by atoms with Crippen molar-refractivity contribution in [2.75, 3.05) is 18.8 Å². The summed E-state index contributed by atoms with van der Waals surface area (Å²) in [6, 6.07) is 9.88. The zero-order valence-corrected chi connectivity index (χ0v) is 18.9. The number of carbonyl (C=O) groups is 1. The van der Waals surface area contributed by atoms with Crippen molar-refractivity contribution in [2.24, 2.45) is 0 Å². The van der Waals surface area contributed by atoms with Gasteiger partial charge in [-0.25, -0.2) is 16.8 Å². The number of hydrogen-bond donors (Lipinski definition) is 1. The number of hydrogen-bond acceptors (Lipinski definition) is 6. The Morgan fingerprint density at radius 3 is 2.66 bits per heavy atom. The van der Waals surface area contributed by atoms with Gasteiger partial charge in [-0.1, -0.05) is 29.8 Å². The van der Waals surface area contributed by atoms with Gasteiger partial charge in [0.2, 0.25) is 5.91 Å². The topological polar surface area (TPSA) is 101 Å². The number of amides is 1. The normalized spacial score (nSPS) is 20.1. The third-order valence-electron chi connectivity index (χ3n) is 4.69. The molecule has 1 aromatic carbocycles. The molecule has 1 N–H and O–H groups in total. The summed E-state index contributed by atoms with van der Waals surface area (Å²) in [6.07, 6.45) is 0.134. The second-order valence-electron chi connectivity index (χ2n) is 6.70. The van der Waals surface area contributed by atoms with Crippen LogP contribution < -0.4 is 5.32 Å². The average Bonchev–Trinajstić information content (AvgIpc) is 3.07. The van der Waals surface area contributed by atoms with Crippen LogP contribution in [0.2, 0.25) is 5.02 Å². The molecular formula is C18H21ClN2O5S3. The second-order valence-corrected chi connectivity index (χ2v) is 12.7. The molecule has 0 radical (unpaired) electrons. The largest absolute Gasteiger partial charge is 0.351 e. The maximum Gasteiger partial charge on any atom is 0.252 e. The second kappa shape index (κ2) is 8.73. The molecule has 1 aliphatic heterocycles. The van der Waals surface area contributed by atoms with E-state index in [0.717, 1.165) is 11.3 Å². The van der Waals surface area contributed by atoms with Gasteiger partial charge in [0, 0.05) is 29.9 Å². The van der Waals surface area contributed by atoms with Crippen molar-refractivity contribution < 1.29 is 21.6 Å². The zero-order chi connectivity index (χ0) is 21.2. The predicted molar refractivity (Wildman–Crippen MR) is 113 cm³/mol. The van der Waals surface area contributed by atoms with E-state index in [1.807, 2.05) is 0 Å². The van der Waals surface area contributed by atoms with Crippen molar-refractivity contribution in [3.05, 3.63) is 51.9 Å². The van der Waals surface area contributed by atoms with Gasteiger partial charge in [0.05, 0.1) is 17.5 Å². The van der Waals surface area contributed by atoms with Gasteiger partial charge in [0.1, 0.15) is 4.21 Å². The molecule has 1 aromatic heterocycles. The highest BCUT2D eigenvalue weighted by atomic mass is 35.5. The number of benzene rings is 1. The number of rotatable bonds is 5. The highest BCUT2D eigenvalue weighted by Crippen LogP contribution is 2.35. The summed E-state index contributed by atoms with van der Waals surface area (Å²) in [5, 5.41) is 2.15. The molecule has 1 aliphatic rings. The molecule has 2 aromatic rings. The van der Waals surface area contributed by atoms with Crippen LogP contribution in [0.15, 0.2) is 40.6 Å². The predicted octanol–water partition coefficient (Wildman–Crippen LogP) is 2.59. The first-order valence-corrected chi connectivity index (χ1v) is 13.3. The van der Waals surface area contributed by atoms with Gasteiger partial charge in [0.15, 0.2) is 9.84 Å². The summed E-state index contributed by atoms with van der Waals surface area (Å²) in [5.74, 6) is -0.474. The monoisotopic (exact) mass is 476 g/mol. The Balaban J connectivity index is 1.82. The fourth-order valence-corrected chi connectivity index (χ4v) is 8.35. The first kappa shape index (κ1) is 22.2. The number of nitrogens with zero attached hydrogens (tertiary/aromatic N) is 1. The fourth-order valence-electron chi connectivity index (χ4n) is 3.18. The zero-order valence-electron chi connectivity index (χ0n) is 15.7. The van der Waals surface area contributed by atoms with Gasteiger partial charge < -0.3 is 5.32 Å². The van der Waals surface area contributed by atoms with E-state index in [4.69, 9.17) is 11.6 Å². The van der Waals surface area contributed by atoms with Gasteiger partial charge in [0.25, 0.3) is 10.0 Å². The van der Waals surface area contributed by atoms with Crippen LogP contribution in [0, 0.1) is 0 Å². The standard InChI is InChI=1S/C18H21ClN2O5S3/c1-13(22)20-12-14-6-7-18(27-14)29(25,26)21-9-8-17(28(23,24)11-10-21)15-4-2-3-5-16(15)19/h2-7,17H,8-12H2,1H3,(H,20,22). The number of thiophene rings is 1. The summed E-state index contributed by atoms with van der Waals surface area (Å²) in [5.41, 5.74) is 0.502. The lowest BCUT2D eigenvalue weighted by molar-refractivity contribution is -0.119. The number of nitrogens with one attached hydrogen (secondary N) is 1. The minimum absolute atomic E-state index is 0.0797. The molecule has 0 spiro atoms. The Kier molecular flexibility index (Phi) is 6.69. The molecule has 11 heteroatoms. The molecule has 1 unspecified atom stereocenters. The molecule has 3 rings (SSSR count). The minimum atomic E-state index is -3.83. The van der Waals surface area contributed by atoms with Crippen LogP contribution in [0.5, 0.6) is 0 Å². The van der Waals surface area contributed by atoms with E-state index >= 15 is 0 Å². The van der Waals surface area contributed by atoms with E-state index in [9.17, 15) is 21.6 Å². The van der Waals surface area contributed by atoms with Gasteiger partial charge >= 0.3 is 0 Å². The van der Waals surface area contributed by atoms with Crippen molar-refractivity contribution in [3.8, 4) is 0 Å².